The van der Waals surface area contributed by atoms with Crippen molar-refractivity contribution in [3.05, 3.63) is 33.8 Å². The fourth-order valence-corrected chi connectivity index (χ4v) is 8.74. The molecule has 0 aliphatic carbocycles. The van der Waals surface area contributed by atoms with E-state index in [9.17, 15) is 0 Å². The van der Waals surface area contributed by atoms with Crippen LogP contribution in [0.1, 0.15) is 64.9 Å². The third-order valence-electron chi connectivity index (χ3n) is 4.48. The molecule has 1 aromatic carbocycles. The van der Waals surface area contributed by atoms with Gasteiger partial charge in [0.2, 0.25) is 0 Å². The van der Waals surface area contributed by atoms with Crippen LogP contribution in [-0.4, -0.2) is 18.5 Å². The van der Waals surface area contributed by atoms with Gasteiger partial charge in [-0.2, -0.15) is 0 Å². The van der Waals surface area contributed by atoms with Crippen molar-refractivity contribution in [3.8, 4) is 0 Å². The molecule has 1 rings (SSSR count). The highest BCUT2D eigenvalue weighted by atomic mass is 127. The van der Waals surface area contributed by atoms with E-state index in [0.717, 1.165) is 10.0 Å². The third-order valence-corrected chi connectivity index (χ3v) is 9.87. The minimum atomic E-state index is -0.937. The first-order valence-electron chi connectivity index (χ1n) is 8.86. The van der Waals surface area contributed by atoms with Crippen LogP contribution in [0.25, 0.3) is 0 Å². The highest BCUT2D eigenvalue weighted by Gasteiger charge is 2.36. The molecule has 0 fully saturated rings. The van der Waals surface area contributed by atoms with Crippen molar-refractivity contribution in [3.63, 3.8) is 0 Å². The van der Waals surface area contributed by atoms with Gasteiger partial charge in [-0.1, -0.05) is 69.3 Å². The van der Waals surface area contributed by atoms with Gasteiger partial charge in [0.1, 0.15) is 0 Å². The third kappa shape index (κ3) is 8.75. The highest BCUT2D eigenvalue weighted by Crippen LogP contribution is 2.63. The van der Waals surface area contributed by atoms with Gasteiger partial charge in [0.15, 0.2) is 0 Å². The summed E-state index contributed by atoms with van der Waals surface area (Å²) in [5.74, 6) is 0. The van der Waals surface area contributed by atoms with Crippen LogP contribution in [0, 0.1) is 0 Å². The number of halogens is 3. The molecule has 1 aromatic rings. The molecular formula is C19H32Cl2IP. The molecule has 0 radical (unpaired) electrons. The van der Waals surface area contributed by atoms with E-state index in [0.29, 0.717) is 0 Å². The van der Waals surface area contributed by atoms with Crippen molar-refractivity contribution >= 4 is 30.5 Å². The summed E-state index contributed by atoms with van der Waals surface area (Å²) in [6, 6.07) is 6.06. The van der Waals surface area contributed by atoms with Crippen molar-refractivity contribution in [2.75, 3.05) is 18.5 Å². The summed E-state index contributed by atoms with van der Waals surface area (Å²) in [7, 11) is -0.937. The predicted molar refractivity (Wildman–Crippen MR) is 106 cm³/mol. The van der Waals surface area contributed by atoms with Crippen LogP contribution < -0.4 is 24.0 Å². The first-order valence-corrected chi connectivity index (χ1v) is 12.1. The van der Waals surface area contributed by atoms with Crippen molar-refractivity contribution < 1.29 is 24.0 Å². The van der Waals surface area contributed by atoms with Crippen LogP contribution in [0.2, 0.25) is 10.0 Å². The second kappa shape index (κ2) is 13.2. The molecule has 0 saturated heterocycles. The van der Waals surface area contributed by atoms with Gasteiger partial charge < -0.3 is 24.0 Å². The van der Waals surface area contributed by atoms with Crippen LogP contribution >= 0.6 is 30.5 Å². The molecule has 0 unspecified atom stereocenters. The Hall–Kier alpha value is 0.960. The number of rotatable bonds is 11. The lowest BCUT2D eigenvalue weighted by Crippen LogP contribution is -3.00. The number of unbranched alkanes of at least 4 members (excludes halogenated alkanes) is 3. The molecule has 0 amide bonds. The maximum atomic E-state index is 6.47. The Bertz CT molecular complexity index is 416. The first-order chi connectivity index (χ1) is 10.6. The summed E-state index contributed by atoms with van der Waals surface area (Å²) in [6.45, 7) is 6.93. The second-order valence-corrected chi connectivity index (χ2v) is 11.7. The van der Waals surface area contributed by atoms with Crippen LogP contribution in [-0.2, 0) is 6.16 Å². The zero-order valence-corrected chi connectivity index (χ0v) is 19.4. The lowest BCUT2D eigenvalue weighted by Gasteiger charge is -2.28. The van der Waals surface area contributed by atoms with E-state index in [4.69, 9.17) is 23.2 Å². The number of hydrogen-bond donors (Lipinski definition) is 0. The van der Waals surface area contributed by atoms with Crippen molar-refractivity contribution in [1.82, 2.24) is 0 Å². The Balaban J connectivity index is 0.00000484. The Morgan fingerprint density at radius 1 is 0.826 bits per heavy atom. The summed E-state index contributed by atoms with van der Waals surface area (Å²) < 4.78 is 0. The molecule has 134 valence electrons. The van der Waals surface area contributed by atoms with Crippen molar-refractivity contribution in [2.45, 2.75) is 65.5 Å². The van der Waals surface area contributed by atoms with Gasteiger partial charge in [0, 0.05) is 22.9 Å². The van der Waals surface area contributed by atoms with Gasteiger partial charge in [-0.25, -0.2) is 0 Å². The minimum Gasteiger partial charge on any atom is -1.00 e. The monoisotopic (exact) mass is 488 g/mol. The van der Waals surface area contributed by atoms with Gasteiger partial charge in [-0.3, -0.25) is 0 Å². The van der Waals surface area contributed by atoms with Crippen molar-refractivity contribution in [2.24, 2.45) is 0 Å². The van der Waals surface area contributed by atoms with E-state index in [-0.39, 0.29) is 24.0 Å². The largest absolute Gasteiger partial charge is 1.00 e. The molecule has 0 bridgehead atoms. The van der Waals surface area contributed by atoms with Gasteiger partial charge in [-0.15, -0.1) is 0 Å². The normalized spacial score (nSPS) is 11.3. The van der Waals surface area contributed by atoms with Gasteiger partial charge in [-0.05, 0) is 31.4 Å². The fraction of sp³-hybridized carbons (Fsp3) is 0.684. The molecule has 23 heavy (non-hydrogen) atoms. The maximum Gasteiger partial charge on any atom is 0.0857 e. The molecule has 0 saturated carbocycles. The topological polar surface area (TPSA) is 0 Å². The summed E-state index contributed by atoms with van der Waals surface area (Å²) in [4.78, 5) is 0. The van der Waals surface area contributed by atoms with Crippen LogP contribution in [0.4, 0.5) is 0 Å². The molecule has 0 atom stereocenters. The Kier molecular flexibility index (Phi) is 13.8. The molecule has 4 heteroatoms. The SMILES string of the molecule is CCCC[P+](CCCC)(CCCC)Cc1ccc(Cl)cc1Cl.[I-]. The summed E-state index contributed by atoms with van der Waals surface area (Å²) in [5, 5.41) is 1.61. The summed E-state index contributed by atoms with van der Waals surface area (Å²) in [5.41, 5.74) is 1.32. The van der Waals surface area contributed by atoms with Gasteiger partial charge in [0.05, 0.1) is 24.6 Å². The standard InChI is InChI=1S/C19H32Cl2P.HI/c1-4-7-12-22(13-8-5-2,14-9-6-3)16-17-10-11-18(20)15-19(17)21;/h10-11,15H,4-9,12-14,16H2,1-3H3;1H/q+1;/p-1. The average Bonchev–Trinajstić information content (AvgIpc) is 2.51. The van der Waals surface area contributed by atoms with Crippen LogP contribution in [0.5, 0.6) is 0 Å². The quantitative estimate of drug-likeness (QED) is 0.306. The fourth-order valence-electron chi connectivity index (χ4n) is 3.06. The predicted octanol–water partition coefficient (Wildman–Crippen LogP) is 4.92. The minimum absolute atomic E-state index is 0. The Morgan fingerprint density at radius 2 is 1.30 bits per heavy atom. The first kappa shape index (κ1) is 24.0. The van der Waals surface area contributed by atoms with E-state index in [1.807, 2.05) is 12.1 Å². The van der Waals surface area contributed by atoms with Gasteiger partial charge in [0.25, 0.3) is 0 Å². The lowest BCUT2D eigenvalue weighted by molar-refractivity contribution is -0.00000473. The smallest absolute Gasteiger partial charge is 0.0857 e. The summed E-state index contributed by atoms with van der Waals surface area (Å²) >= 11 is 12.5. The van der Waals surface area contributed by atoms with Crippen LogP contribution in [0.3, 0.4) is 0 Å². The molecule has 0 spiro atoms. The van der Waals surface area contributed by atoms with E-state index in [1.54, 1.807) is 0 Å². The van der Waals surface area contributed by atoms with Gasteiger partial charge >= 0.3 is 0 Å². The summed E-state index contributed by atoms with van der Waals surface area (Å²) in [6.07, 6.45) is 13.5. The molecular weight excluding hydrogens is 457 g/mol. The molecule has 0 aliphatic heterocycles. The average molecular weight is 489 g/mol. The van der Waals surface area contributed by atoms with E-state index in [2.05, 4.69) is 26.8 Å². The molecule has 0 aromatic heterocycles. The number of benzene rings is 1. The highest BCUT2D eigenvalue weighted by molar-refractivity contribution is 7.75. The Labute approximate surface area is 171 Å². The zero-order chi connectivity index (χ0) is 16.4. The van der Waals surface area contributed by atoms with E-state index < -0.39 is 7.26 Å². The molecule has 0 nitrogen and oxygen atoms in total. The second-order valence-electron chi connectivity index (χ2n) is 6.47. The Morgan fingerprint density at radius 3 is 1.70 bits per heavy atom. The van der Waals surface area contributed by atoms with E-state index >= 15 is 0 Å². The molecule has 0 N–H and O–H groups in total. The maximum absolute atomic E-state index is 6.47. The van der Waals surface area contributed by atoms with E-state index in [1.165, 1.54) is 68.7 Å². The van der Waals surface area contributed by atoms with Crippen molar-refractivity contribution in [1.29, 1.82) is 0 Å². The lowest BCUT2D eigenvalue weighted by atomic mass is 10.2. The van der Waals surface area contributed by atoms with Crippen LogP contribution in [0.15, 0.2) is 18.2 Å². The number of hydrogen-bond acceptors (Lipinski definition) is 0. The molecule has 0 aliphatic rings. The molecule has 0 heterocycles. The zero-order valence-electron chi connectivity index (χ0n) is 14.9.